The Balaban J connectivity index is 2.09. The molecule has 1 fully saturated rings. The number of hydrogen-bond donors (Lipinski definition) is 1. The Labute approximate surface area is 104 Å². The van der Waals surface area contributed by atoms with Crippen LogP contribution in [-0.2, 0) is 4.79 Å². The number of carbonyl (C=O) groups is 1. The van der Waals surface area contributed by atoms with E-state index in [1.807, 2.05) is 6.07 Å². The highest BCUT2D eigenvalue weighted by atomic mass is 19.1. The first-order valence-electron chi connectivity index (χ1n) is 5.76. The molecule has 1 amide bonds. The quantitative estimate of drug-likeness (QED) is 0.890. The van der Waals surface area contributed by atoms with E-state index in [-0.39, 0.29) is 11.7 Å². The second-order valence-electron chi connectivity index (χ2n) is 4.23. The maximum Gasteiger partial charge on any atom is 0.244 e. The Morgan fingerprint density at radius 2 is 2.33 bits per heavy atom. The Hall–Kier alpha value is -2.09. The zero-order valence-corrected chi connectivity index (χ0v) is 10.00. The average Bonchev–Trinajstić information content (AvgIpc) is 3.14. The van der Waals surface area contributed by atoms with Crippen molar-refractivity contribution in [3.63, 3.8) is 0 Å². The second-order valence-corrected chi connectivity index (χ2v) is 4.23. The number of halogens is 1. The summed E-state index contributed by atoms with van der Waals surface area (Å²) < 4.78 is 18.6. The largest absolute Gasteiger partial charge is 0.491 e. The van der Waals surface area contributed by atoms with Gasteiger partial charge in [-0.05, 0) is 31.9 Å². The highest BCUT2D eigenvalue weighted by Gasteiger charge is 2.50. The van der Waals surface area contributed by atoms with Crippen LogP contribution in [0.25, 0.3) is 0 Å². The molecule has 94 valence electrons. The minimum Gasteiger partial charge on any atom is -0.491 e. The summed E-state index contributed by atoms with van der Waals surface area (Å²) in [5, 5.41) is 11.4. The minimum absolute atomic E-state index is 0.150. The molecule has 18 heavy (non-hydrogen) atoms. The summed E-state index contributed by atoms with van der Waals surface area (Å²) >= 11 is 0. The Kier molecular flexibility index (Phi) is 3.19. The summed E-state index contributed by atoms with van der Waals surface area (Å²) in [5.41, 5.74) is -0.572. The number of benzene rings is 1. The normalized spacial score (nSPS) is 15.6. The van der Waals surface area contributed by atoms with Crippen molar-refractivity contribution in [3.05, 3.63) is 24.0 Å². The molecule has 0 aromatic heterocycles. The molecule has 0 atom stereocenters. The Bertz CT molecular complexity index is 518. The van der Waals surface area contributed by atoms with Crippen LogP contribution in [0, 0.1) is 22.6 Å². The molecule has 0 radical (unpaired) electrons. The van der Waals surface area contributed by atoms with E-state index in [2.05, 4.69) is 5.32 Å². The van der Waals surface area contributed by atoms with Crippen LogP contribution in [0.1, 0.15) is 19.8 Å². The summed E-state index contributed by atoms with van der Waals surface area (Å²) in [4.78, 5) is 11.8. The number of anilines is 1. The second kappa shape index (κ2) is 4.65. The number of nitrogens with one attached hydrogen (secondary N) is 1. The number of carbonyl (C=O) groups excluding carboxylic acids is 1. The smallest absolute Gasteiger partial charge is 0.244 e. The standard InChI is InChI=1S/C13H13FN2O2/c1-2-18-11-4-3-9(7-10(11)14)16-12(17)13(8-15)5-6-13/h3-4,7H,2,5-6H2,1H3,(H,16,17). The van der Waals surface area contributed by atoms with E-state index in [9.17, 15) is 9.18 Å². The van der Waals surface area contributed by atoms with Crippen molar-refractivity contribution in [2.24, 2.45) is 5.41 Å². The zero-order chi connectivity index (χ0) is 13.2. The lowest BCUT2D eigenvalue weighted by Gasteiger charge is -2.10. The van der Waals surface area contributed by atoms with Crippen molar-refractivity contribution in [2.75, 3.05) is 11.9 Å². The number of nitriles is 1. The van der Waals surface area contributed by atoms with E-state index >= 15 is 0 Å². The summed E-state index contributed by atoms with van der Waals surface area (Å²) in [5.74, 6) is -0.748. The SMILES string of the molecule is CCOc1ccc(NC(=O)C2(C#N)CC2)cc1F. The Morgan fingerprint density at radius 1 is 1.61 bits per heavy atom. The van der Waals surface area contributed by atoms with Crippen molar-refractivity contribution in [3.8, 4) is 11.8 Å². The molecule has 0 spiro atoms. The topological polar surface area (TPSA) is 62.1 Å². The molecule has 1 aromatic carbocycles. The highest BCUT2D eigenvalue weighted by Crippen LogP contribution is 2.45. The molecule has 2 rings (SSSR count). The summed E-state index contributed by atoms with van der Waals surface area (Å²) in [6.07, 6.45) is 1.13. The molecular formula is C13H13FN2O2. The van der Waals surface area contributed by atoms with Crippen molar-refractivity contribution >= 4 is 11.6 Å². The zero-order valence-electron chi connectivity index (χ0n) is 10.00. The minimum atomic E-state index is -0.908. The molecule has 0 unspecified atom stereocenters. The average molecular weight is 248 g/mol. The lowest BCUT2D eigenvalue weighted by molar-refractivity contribution is -0.119. The van der Waals surface area contributed by atoms with Crippen LogP contribution in [0.4, 0.5) is 10.1 Å². The molecule has 0 bridgehead atoms. The van der Waals surface area contributed by atoms with Crippen LogP contribution >= 0.6 is 0 Å². The number of rotatable bonds is 4. The summed E-state index contributed by atoms with van der Waals surface area (Å²) in [7, 11) is 0. The highest BCUT2D eigenvalue weighted by molar-refractivity contribution is 5.99. The van der Waals surface area contributed by atoms with Gasteiger partial charge >= 0.3 is 0 Å². The lowest BCUT2D eigenvalue weighted by Crippen LogP contribution is -2.22. The van der Waals surface area contributed by atoms with Crippen molar-refractivity contribution in [1.29, 1.82) is 5.26 Å². The van der Waals surface area contributed by atoms with Crippen molar-refractivity contribution < 1.29 is 13.9 Å². The maximum atomic E-state index is 13.5. The molecule has 1 aliphatic carbocycles. The molecular weight excluding hydrogens is 235 g/mol. The van der Waals surface area contributed by atoms with Crippen LogP contribution in [0.5, 0.6) is 5.75 Å². The van der Waals surface area contributed by atoms with Crippen LogP contribution in [0.2, 0.25) is 0 Å². The lowest BCUT2D eigenvalue weighted by atomic mass is 10.1. The van der Waals surface area contributed by atoms with Gasteiger partial charge < -0.3 is 10.1 Å². The molecule has 1 N–H and O–H groups in total. The third kappa shape index (κ3) is 2.28. The first-order valence-corrected chi connectivity index (χ1v) is 5.76. The fourth-order valence-electron chi connectivity index (χ4n) is 1.62. The van der Waals surface area contributed by atoms with E-state index < -0.39 is 11.2 Å². The summed E-state index contributed by atoms with van der Waals surface area (Å²) in [6, 6.07) is 6.19. The first kappa shape index (κ1) is 12.4. The molecule has 0 saturated heterocycles. The molecule has 1 aromatic rings. The molecule has 5 heteroatoms. The number of nitrogens with zero attached hydrogens (tertiary/aromatic N) is 1. The van der Waals surface area contributed by atoms with Crippen LogP contribution in [0.15, 0.2) is 18.2 Å². The predicted octanol–water partition coefficient (Wildman–Crippen LogP) is 2.47. The summed E-state index contributed by atoms with van der Waals surface area (Å²) in [6.45, 7) is 2.14. The van der Waals surface area contributed by atoms with Gasteiger partial charge in [0, 0.05) is 11.8 Å². The van der Waals surface area contributed by atoms with Gasteiger partial charge in [0.2, 0.25) is 5.91 Å². The Morgan fingerprint density at radius 3 is 2.83 bits per heavy atom. The van der Waals surface area contributed by atoms with Gasteiger partial charge in [-0.25, -0.2) is 4.39 Å². The predicted molar refractivity (Wildman–Crippen MR) is 63.5 cm³/mol. The number of hydrogen-bond acceptors (Lipinski definition) is 3. The first-order chi connectivity index (χ1) is 8.61. The molecule has 1 aliphatic rings. The van der Waals surface area contributed by atoms with Gasteiger partial charge in [0.05, 0.1) is 12.7 Å². The van der Waals surface area contributed by atoms with Crippen molar-refractivity contribution in [1.82, 2.24) is 0 Å². The fraction of sp³-hybridized carbons (Fsp3) is 0.385. The van der Waals surface area contributed by atoms with Crippen LogP contribution in [0.3, 0.4) is 0 Å². The van der Waals surface area contributed by atoms with E-state index in [0.717, 1.165) is 0 Å². The van der Waals surface area contributed by atoms with Gasteiger partial charge in [-0.15, -0.1) is 0 Å². The molecule has 1 saturated carbocycles. The fourth-order valence-corrected chi connectivity index (χ4v) is 1.62. The van der Waals surface area contributed by atoms with E-state index in [1.54, 1.807) is 13.0 Å². The van der Waals surface area contributed by atoms with Gasteiger partial charge in [0.1, 0.15) is 5.41 Å². The number of amides is 1. The van der Waals surface area contributed by atoms with Gasteiger partial charge in [0.25, 0.3) is 0 Å². The van der Waals surface area contributed by atoms with Crippen LogP contribution in [-0.4, -0.2) is 12.5 Å². The van der Waals surface area contributed by atoms with Gasteiger partial charge in [-0.2, -0.15) is 5.26 Å². The van der Waals surface area contributed by atoms with Gasteiger partial charge in [0.15, 0.2) is 11.6 Å². The van der Waals surface area contributed by atoms with Gasteiger partial charge in [-0.3, -0.25) is 4.79 Å². The molecule has 4 nitrogen and oxygen atoms in total. The van der Waals surface area contributed by atoms with E-state index in [4.69, 9.17) is 10.00 Å². The van der Waals surface area contributed by atoms with Crippen LogP contribution < -0.4 is 10.1 Å². The molecule has 0 aliphatic heterocycles. The molecule has 0 heterocycles. The van der Waals surface area contributed by atoms with E-state index in [1.165, 1.54) is 12.1 Å². The monoisotopic (exact) mass is 248 g/mol. The maximum absolute atomic E-state index is 13.5. The van der Waals surface area contributed by atoms with Gasteiger partial charge in [-0.1, -0.05) is 0 Å². The van der Waals surface area contributed by atoms with Crippen molar-refractivity contribution in [2.45, 2.75) is 19.8 Å². The third-order valence-corrected chi connectivity index (χ3v) is 2.89. The third-order valence-electron chi connectivity index (χ3n) is 2.89. The number of ether oxygens (including phenoxy) is 1. The van der Waals surface area contributed by atoms with E-state index in [0.29, 0.717) is 25.1 Å².